The van der Waals surface area contributed by atoms with Crippen LogP contribution in [-0.4, -0.2) is 84.1 Å². The molecule has 5 atom stereocenters. The fourth-order valence-electron chi connectivity index (χ4n) is 7.33. The molecule has 0 unspecified atom stereocenters. The Morgan fingerprint density at radius 3 is 2.33 bits per heavy atom. The number of ether oxygens (including phenoxy) is 2. The van der Waals surface area contributed by atoms with Gasteiger partial charge in [0.2, 0.25) is 11.8 Å². The average molecular weight is 700 g/mol. The minimum atomic E-state index is -0.731. The smallest absolute Gasteiger partial charge is 0.220 e. The van der Waals surface area contributed by atoms with E-state index in [4.69, 9.17) is 9.47 Å². The zero-order valence-corrected chi connectivity index (χ0v) is 30.6. The first kappa shape index (κ1) is 38.5. The van der Waals surface area contributed by atoms with Crippen LogP contribution < -0.4 is 15.4 Å². The lowest BCUT2D eigenvalue weighted by Gasteiger charge is -2.28. The third-order valence-corrected chi connectivity index (χ3v) is 9.94. The van der Waals surface area contributed by atoms with Crippen LogP contribution >= 0.6 is 0 Å². The molecule has 276 valence electrons. The largest absolute Gasteiger partial charge is 0.492 e. The number of hydrogen-bond acceptors (Lipinski definition) is 7. The molecule has 1 aliphatic heterocycles. The van der Waals surface area contributed by atoms with Gasteiger partial charge in [-0.25, -0.2) is 0 Å². The van der Waals surface area contributed by atoms with Crippen molar-refractivity contribution in [1.82, 2.24) is 15.5 Å². The van der Waals surface area contributed by atoms with Crippen molar-refractivity contribution in [3.05, 3.63) is 101 Å². The van der Waals surface area contributed by atoms with E-state index in [-0.39, 0.29) is 35.6 Å². The van der Waals surface area contributed by atoms with E-state index in [1.807, 2.05) is 87.5 Å². The van der Waals surface area contributed by atoms with E-state index >= 15 is 0 Å². The molecule has 3 aromatic carbocycles. The lowest BCUT2D eigenvalue weighted by atomic mass is 9.82. The number of nitrogens with one attached hydrogen (secondary N) is 2. The quantitative estimate of drug-likeness (QED) is 0.156. The Labute approximate surface area is 303 Å². The number of benzene rings is 3. The number of nitrogens with zero attached hydrogens (tertiary/aromatic N) is 1. The number of hydrogen-bond donors (Lipinski definition) is 4. The van der Waals surface area contributed by atoms with Gasteiger partial charge in [0.05, 0.1) is 31.5 Å². The minimum absolute atomic E-state index is 0.0358. The highest BCUT2D eigenvalue weighted by molar-refractivity contribution is 5.77. The number of carbonyl (C=O) groups excluding carboxylic acids is 2. The van der Waals surface area contributed by atoms with Crippen LogP contribution in [0.5, 0.6) is 5.75 Å². The Kier molecular flexibility index (Phi) is 14.1. The molecule has 4 N–H and O–H groups in total. The van der Waals surface area contributed by atoms with Gasteiger partial charge in [0.15, 0.2) is 0 Å². The summed E-state index contributed by atoms with van der Waals surface area (Å²) in [7, 11) is 0. The van der Waals surface area contributed by atoms with Gasteiger partial charge < -0.3 is 30.3 Å². The minimum Gasteiger partial charge on any atom is -0.492 e. The maximum absolute atomic E-state index is 13.7. The topological polar surface area (TPSA) is 120 Å². The molecule has 2 aliphatic rings. The molecule has 9 heteroatoms. The molecule has 2 amide bonds. The second-order valence-corrected chi connectivity index (χ2v) is 15.3. The molecule has 51 heavy (non-hydrogen) atoms. The Morgan fingerprint density at radius 1 is 0.922 bits per heavy atom. The number of rotatable bonds is 17. The number of carbonyl (C=O) groups is 2. The Bertz CT molecular complexity index is 1520. The number of amides is 2. The fourth-order valence-corrected chi connectivity index (χ4v) is 7.33. The van der Waals surface area contributed by atoms with E-state index in [0.29, 0.717) is 45.1 Å². The van der Waals surface area contributed by atoms with Gasteiger partial charge in [0, 0.05) is 44.4 Å². The number of aliphatic hydroxyl groups is 2. The predicted octanol–water partition coefficient (Wildman–Crippen LogP) is 5.03. The predicted molar refractivity (Wildman–Crippen MR) is 199 cm³/mol. The van der Waals surface area contributed by atoms with Crippen LogP contribution in [0.25, 0.3) is 0 Å². The third kappa shape index (κ3) is 12.5. The molecular formula is C42H57N3O6. The van der Waals surface area contributed by atoms with Crippen molar-refractivity contribution >= 4 is 11.8 Å². The highest BCUT2D eigenvalue weighted by Crippen LogP contribution is 2.32. The lowest BCUT2D eigenvalue weighted by Crippen LogP contribution is -2.41. The first-order valence-electron chi connectivity index (χ1n) is 18.6. The number of morpholine rings is 1. The molecule has 1 aliphatic carbocycles. The molecule has 0 aromatic heterocycles. The molecular weight excluding hydrogens is 642 g/mol. The summed E-state index contributed by atoms with van der Waals surface area (Å²) >= 11 is 0. The van der Waals surface area contributed by atoms with E-state index in [0.717, 1.165) is 60.9 Å². The summed E-state index contributed by atoms with van der Waals surface area (Å²) in [5.74, 6) is 0.260. The Morgan fingerprint density at radius 2 is 1.61 bits per heavy atom. The number of aliphatic hydroxyl groups excluding tert-OH is 2. The van der Waals surface area contributed by atoms with Gasteiger partial charge in [0.25, 0.3) is 0 Å². The SMILES string of the molecule is CC(C)(C)NC(=O)CC[C@H](Cc1ccccc1)[C@@H](O)C[C@H](CC(=O)N[C@H]1c2ccccc2C[C@H]1O)Cc1ccc(OCCN2CCOCC2)cc1. The van der Waals surface area contributed by atoms with Crippen molar-refractivity contribution in [2.24, 2.45) is 11.8 Å². The Hall–Kier alpha value is -3.76. The maximum Gasteiger partial charge on any atom is 0.220 e. The van der Waals surface area contributed by atoms with Crippen LogP contribution in [0.4, 0.5) is 0 Å². The highest BCUT2D eigenvalue weighted by atomic mass is 16.5. The van der Waals surface area contributed by atoms with Crippen LogP contribution in [0.2, 0.25) is 0 Å². The van der Waals surface area contributed by atoms with Gasteiger partial charge >= 0.3 is 0 Å². The standard InChI is InChI=1S/C42H57N3O6/c1-42(2,3)44-39(48)18-15-34(26-30-9-5-4-6-10-30)37(46)27-32(28-40(49)43-41-36-12-8-7-11-33(36)29-38(41)47)25-31-13-16-35(17-14-31)51-24-21-45-19-22-50-23-20-45/h4-14,16-17,32,34,37-38,41,46-47H,15,18-29H2,1-3H3,(H,43,49)(H,44,48)/t32-,34-,37+,38-,41+/m1/s1. The summed E-state index contributed by atoms with van der Waals surface area (Å²) in [6, 6.07) is 25.5. The molecule has 3 aromatic rings. The second kappa shape index (κ2) is 18.6. The van der Waals surface area contributed by atoms with Crippen LogP contribution in [0.1, 0.15) is 74.8 Å². The zero-order chi connectivity index (χ0) is 36.2. The van der Waals surface area contributed by atoms with Crippen molar-refractivity contribution in [3.63, 3.8) is 0 Å². The zero-order valence-electron chi connectivity index (χ0n) is 30.6. The summed E-state index contributed by atoms with van der Waals surface area (Å²) in [5, 5.41) is 28.8. The molecule has 0 saturated carbocycles. The van der Waals surface area contributed by atoms with Gasteiger partial charge in [-0.05, 0) is 92.7 Å². The maximum atomic E-state index is 13.7. The van der Waals surface area contributed by atoms with Gasteiger partial charge in [-0.1, -0.05) is 66.7 Å². The first-order valence-corrected chi connectivity index (χ1v) is 18.6. The lowest BCUT2D eigenvalue weighted by molar-refractivity contribution is -0.124. The summed E-state index contributed by atoms with van der Waals surface area (Å²) in [4.78, 5) is 28.8. The van der Waals surface area contributed by atoms with Crippen LogP contribution in [0.3, 0.4) is 0 Å². The average Bonchev–Trinajstić information content (AvgIpc) is 3.41. The molecule has 1 heterocycles. The molecule has 1 fully saturated rings. The highest BCUT2D eigenvalue weighted by Gasteiger charge is 2.33. The van der Waals surface area contributed by atoms with Crippen molar-refractivity contribution < 1.29 is 29.3 Å². The fraction of sp³-hybridized carbons (Fsp3) is 0.524. The third-order valence-electron chi connectivity index (χ3n) is 9.94. The first-order chi connectivity index (χ1) is 24.5. The van der Waals surface area contributed by atoms with Crippen molar-refractivity contribution in [2.45, 2.75) is 89.5 Å². The summed E-state index contributed by atoms with van der Waals surface area (Å²) in [6.07, 6.45) is 1.74. The molecule has 0 radical (unpaired) electrons. The van der Waals surface area contributed by atoms with E-state index in [1.165, 1.54) is 0 Å². The van der Waals surface area contributed by atoms with E-state index in [9.17, 15) is 19.8 Å². The second-order valence-electron chi connectivity index (χ2n) is 15.3. The van der Waals surface area contributed by atoms with Gasteiger partial charge in [0.1, 0.15) is 12.4 Å². The van der Waals surface area contributed by atoms with Crippen LogP contribution in [0, 0.1) is 11.8 Å². The number of fused-ring (bicyclic) bond motifs is 1. The normalized spacial score (nSPS) is 19.5. The van der Waals surface area contributed by atoms with Gasteiger partial charge in [-0.15, -0.1) is 0 Å². The van der Waals surface area contributed by atoms with E-state index < -0.39 is 18.2 Å². The van der Waals surface area contributed by atoms with Crippen LogP contribution in [-0.2, 0) is 33.6 Å². The van der Waals surface area contributed by atoms with Gasteiger partial charge in [-0.3, -0.25) is 14.5 Å². The van der Waals surface area contributed by atoms with Crippen molar-refractivity contribution in [3.8, 4) is 5.75 Å². The molecule has 9 nitrogen and oxygen atoms in total. The monoisotopic (exact) mass is 699 g/mol. The summed E-state index contributed by atoms with van der Waals surface area (Å²) in [6.45, 7) is 10.7. The van der Waals surface area contributed by atoms with Gasteiger partial charge in [-0.2, -0.15) is 0 Å². The van der Waals surface area contributed by atoms with Crippen molar-refractivity contribution in [1.29, 1.82) is 0 Å². The molecule has 0 spiro atoms. The van der Waals surface area contributed by atoms with Crippen LogP contribution in [0.15, 0.2) is 78.9 Å². The summed E-state index contributed by atoms with van der Waals surface area (Å²) < 4.78 is 11.5. The van der Waals surface area contributed by atoms with E-state index in [2.05, 4.69) is 27.7 Å². The van der Waals surface area contributed by atoms with Crippen molar-refractivity contribution in [2.75, 3.05) is 39.5 Å². The molecule has 5 rings (SSSR count). The molecule has 1 saturated heterocycles. The Balaban J connectivity index is 1.27. The van der Waals surface area contributed by atoms with E-state index in [1.54, 1.807) is 0 Å². The summed E-state index contributed by atoms with van der Waals surface area (Å²) in [5.41, 5.74) is 3.82. The molecule has 0 bridgehead atoms.